The van der Waals surface area contributed by atoms with Gasteiger partial charge in [0.05, 0.1) is 18.2 Å². The normalized spacial score (nSPS) is 27.0. The Bertz CT molecular complexity index is 1550. The van der Waals surface area contributed by atoms with Crippen molar-refractivity contribution >= 4 is 40.4 Å². The minimum absolute atomic E-state index is 0.00101. The summed E-state index contributed by atoms with van der Waals surface area (Å²) in [6.45, 7) is 2.66. The monoisotopic (exact) mass is 641 g/mol. The van der Waals surface area contributed by atoms with Crippen molar-refractivity contribution in [1.82, 2.24) is 20.6 Å². The average Bonchev–Trinajstić information content (AvgIpc) is 2.99. The summed E-state index contributed by atoms with van der Waals surface area (Å²) in [5.74, 6) is -7.18. The highest BCUT2D eigenvalue weighted by atomic mass is 16.5. The second kappa shape index (κ2) is 12.6. The fraction of sp³-hybridized carbons (Fsp3) is 0.548. The molecule has 0 spiro atoms. The molecule has 1 heterocycles. The number of rotatable bonds is 8. The molecular weight excluding hydrogens is 598 g/mol. The third kappa shape index (κ3) is 5.41. The van der Waals surface area contributed by atoms with Crippen LogP contribution in [0.15, 0.2) is 28.0 Å². The van der Waals surface area contributed by atoms with Crippen molar-refractivity contribution in [3.05, 3.63) is 34.1 Å². The topological polar surface area (TPSA) is 225 Å². The van der Waals surface area contributed by atoms with Gasteiger partial charge in [0.2, 0.25) is 5.78 Å². The van der Waals surface area contributed by atoms with Crippen LogP contribution in [-0.4, -0.2) is 125 Å². The standard InChI is InChI=1S/C31H43N7O8/c1-36(2)19-12-18(34-20(35-46)13-33-14-38-8-6-5-7-9-38)25(39)22-16(19)10-15-11-17-24(37(3)4)27(41)23(30(32)44)29(43)31(17,45)28(42)21(15)26(22)40/h12,15,17,24,33,39-40,43,45-46H,5-11,13-14H2,1-4H3,(H2,32,44)(H,34,35)/t15?,17?,24-,31-/m0/s1. The third-order valence-electron chi connectivity index (χ3n) is 9.62. The molecule has 5 rings (SSSR count). The van der Waals surface area contributed by atoms with Gasteiger partial charge in [0.25, 0.3) is 5.91 Å². The number of carbonyl (C=O) groups excluding carboxylic acids is 3. The van der Waals surface area contributed by atoms with Gasteiger partial charge in [0, 0.05) is 37.9 Å². The number of phenols is 1. The first-order valence-corrected chi connectivity index (χ1v) is 15.4. The number of hydrogen-bond acceptors (Lipinski definition) is 13. The minimum Gasteiger partial charge on any atom is -0.508 e. The van der Waals surface area contributed by atoms with Gasteiger partial charge in [-0.15, -0.1) is 0 Å². The van der Waals surface area contributed by atoms with Crippen LogP contribution in [0.5, 0.6) is 5.75 Å². The number of benzene rings is 1. The Labute approximate surface area is 266 Å². The molecule has 1 aromatic rings. The van der Waals surface area contributed by atoms with Gasteiger partial charge in [-0.3, -0.25) is 40.2 Å². The summed E-state index contributed by atoms with van der Waals surface area (Å²) >= 11 is 0. The molecule has 15 nitrogen and oxygen atoms in total. The lowest BCUT2D eigenvalue weighted by molar-refractivity contribution is -0.153. The predicted molar refractivity (Wildman–Crippen MR) is 169 cm³/mol. The van der Waals surface area contributed by atoms with Crippen molar-refractivity contribution in [3.8, 4) is 5.75 Å². The molecule has 3 aliphatic carbocycles. The number of aromatic hydroxyl groups is 1. The molecule has 0 aromatic heterocycles. The number of primary amides is 1. The zero-order valence-electron chi connectivity index (χ0n) is 26.5. The lowest BCUT2D eigenvalue weighted by atomic mass is 9.57. The first kappa shape index (κ1) is 33.3. The molecule has 1 aliphatic heterocycles. The van der Waals surface area contributed by atoms with Gasteiger partial charge in [-0.25, -0.2) is 4.99 Å². The van der Waals surface area contributed by atoms with E-state index >= 15 is 0 Å². The van der Waals surface area contributed by atoms with Crippen LogP contribution >= 0.6 is 0 Å². The summed E-state index contributed by atoms with van der Waals surface area (Å²) in [7, 11) is 6.64. The van der Waals surface area contributed by atoms with Crippen LogP contribution in [0.2, 0.25) is 0 Å². The Morgan fingerprint density at radius 2 is 1.80 bits per heavy atom. The van der Waals surface area contributed by atoms with E-state index in [9.17, 15) is 40.0 Å². The molecule has 0 radical (unpaired) electrons. The molecule has 46 heavy (non-hydrogen) atoms. The van der Waals surface area contributed by atoms with Crippen LogP contribution in [-0.2, 0) is 20.8 Å². The van der Waals surface area contributed by atoms with Gasteiger partial charge < -0.3 is 31.1 Å². The summed E-state index contributed by atoms with van der Waals surface area (Å²) in [5.41, 5.74) is 4.61. The number of amidine groups is 1. The zero-order chi connectivity index (χ0) is 33.7. The molecule has 4 aliphatic rings. The van der Waals surface area contributed by atoms with Crippen LogP contribution < -0.4 is 21.4 Å². The number of Topliss-reactive ketones (excluding diaryl/α,β-unsaturated/α-hetero) is 2. The van der Waals surface area contributed by atoms with E-state index in [0.29, 0.717) is 17.9 Å². The maximum absolute atomic E-state index is 14.2. The number of anilines is 1. The van der Waals surface area contributed by atoms with Crippen LogP contribution in [0, 0.1) is 11.8 Å². The maximum atomic E-state index is 14.2. The first-order chi connectivity index (χ1) is 21.7. The number of hydrogen-bond donors (Lipinski definition) is 8. The molecule has 9 N–H and O–H groups in total. The summed E-state index contributed by atoms with van der Waals surface area (Å²) in [5, 5.41) is 59.1. The Hall–Kier alpha value is -4.02. The van der Waals surface area contributed by atoms with E-state index in [-0.39, 0.29) is 42.0 Å². The Kier molecular flexibility index (Phi) is 9.16. The average molecular weight is 642 g/mol. The number of aliphatic hydroxyl groups is 3. The van der Waals surface area contributed by atoms with Crippen molar-refractivity contribution in [2.24, 2.45) is 22.6 Å². The SMILES string of the molecule is CN(C)c1cc(N=C(CNCN2CCCCC2)NO)c(O)c2c1CC1CC3[C@H](N(C)C)C(=O)C(C(N)=O)=C(O)[C@@]3(O)C(=O)C1=C2O. The summed E-state index contributed by atoms with van der Waals surface area (Å²) in [4.78, 5) is 49.6. The predicted octanol–water partition coefficient (Wildman–Crippen LogP) is 0.0718. The Morgan fingerprint density at radius 3 is 2.39 bits per heavy atom. The van der Waals surface area contributed by atoms with Crippen molar-refractivity contribution in [1.29, 1.82) is 0 Å². The molecular formula is C31H43N7O8. The number of nitrogens with zero attached hydrogens (tertiary/aromatic N) is 4. The second-order valence-electron chi connectivity index (χ2n) is 12.9. The fourth-order valence-corrected chi connectivity index (χ4v) is 7.46. The summed E-state index contributed by atoms with van der Waals surface area (Å²) in [6, 6.07) is 0.444. The van der Waals surface area contributed by atoms with Crippen LogP contribution in [0.25, 0.3) is 5.76 Å². The highest BCUT2D eigenvalue weighted by Gasteiger charge is 2.64. The second-order valence-corrected chi connectivity index (χ2v) is 12.9. The molecule has 2 unspecified atom stereocenters. The van der Waals surface area contributed by atoms with E-state index in [2.05, 4.69) is 20.7 Å². The highest BCUT2D eigenvalue weighted by Crippen LogP contribution is 2.54. The highest BCUT2D eigenvalue weighted by molar-refractivity contribution is 6.24. The number of hydroxylamine groups is 1. The number of amides is 1. The molecule has 0 bridgehead atoms. The van der Waals surface area contributed by atoms with Gasteiger partial charge in [-0.05, 0) is 70.4 Å². The van der Waals surface area contributed by atoms with Crippen molar-refractivity contribution in [2.75, 3.05) is 59.4 Å². The smallest absolute Gasteiger partial charge is 0.255 e. The quantitative estimate of drug-likeness (QED) is 0.0815. The minimum atomic E-state index is -2.73. The number of nitrogens with one attached hydrogen (secondary N) is 2. The van der Waals surface area contributed by atoms with Gasteiger partial charge in [-0.1, -0.05) is 6.42 Å². The molecule has 1 amide bonds. The van der Waals surface area contributed by atoms with E-state index in [1.54, 1.807) is 39.2 Å². The fourth-order valence-electron chi connectivity index (χ4n) is 7.46. The maximum Gasteiger partial charge on any atom is 0.255 e. The van der Waals surface area contributed by atoms with E-state index < -0.39 is 63.8 Å². The van der Waals surface area contributed by atoms with E-state index in [1.807, 2.05) is 0 Å². The van der Waals surface area contributed by atoms with E-state index in [4.69, 9.17) is 5.73 Å². The largest absolute Gasteiger partial charge is 0.508 e. The van der Waals surface area contributed by atoms with Crippen LogP contribution in [0.3, 0.4) is 0 Å². The van der Waals surface area contributed by atoms with Crippen molar-refractivity contribution in [2.45, 2.75) is 43.7 Å². The number of ketones is 2. The number of aliphatic imine (C=N–C) groups is 1. The molecule has 15 heteroatoms. The van der Waals surface area contributed by atoms with Crippen LogP contribution in [0.4, 0.5) is 11.4 Å². The number of carbonyl (C=O) groups is 3. The number of aliphatic hydroxyl groups excluding tert-OH is 2. The summed E-state index contributed by atoms with van der Waals surface area (Å²) in [6.07, 6.45) is 3.57. The molecule has 250 valence electrons. The number of fused-ring (bicyclic) bond motifs is 3. The third-order valence-corrected chi connectivity index (χ3v) is 9.62. The Balaban J connectivity index is 1.59. The number of likely N-dealkylation sites (tertiary alicyclic amines) is 1. The first-order valence-electron chi connectivity index (χ1n) is 15.4. The molecule has 4 atom stereocenters. The number of nitrogens with two attached hydrogens (primary N) is 1. The Morgan fingerprint density at radius 1 is 1.13 bits per heavy atom. The molecule has 1 aromatic carbocycles. The number of piperidine rings is 1. The van der Waals surface area contributed by atoms with Crippen LogP contribution in [0.1, 0.15) is 36.8 Å². The lowest BCUT2D eigenvalue weighted by Crippen LogP contribution is -2.65. The van der Waals surface area contributed by atoms with E-state index in [0.717, 1.165) is 25.9 Å². The van der Waals surface area contributed by atoms with E-state index in [1.165, 1.54) is 11.3 Å². The molecule has 1 saturated carbocycles. The number of phenolic OH excluding ortho intramolecular Hbond substituents is 1. The van der Waals surface area contributed by atoms with Crippen molar-refractivity contribution in [3.63, 3.8) is 0 Å². The van der Waals surface area contributed by atoms with Crippen molar-refractivity contribution < 1.29 is 40.0 Å². The number of likely N-dealkylation sites (N-methyl/N-ethyl adjacent to an activating group) is 1. The summed E-state index contributed by atoms with van der Waals surface area (Å²) < 4.78 is 0. The van der Waals surface area contributed by atoms with Gasteiger partial charge in [-0.2, -0.15) is 0 Å². The molecule has 1 saturated heterocycles. The van der Waals surface area contributed by atoms with Gasteiger partial charge in [0.1, 0.15) is 28.6 Å². The van der Waals surface area contributed by atoms with Gasteiger partial charge >= 0.3 is 0 Å². The molecule has 2 fully saturated rings. The zero-order valence-corrected chi connectivity index (χ0v) is 26.5. The van der Waals surface area contributed by atoms with Gasteiger partial charge in [0.15, 0.2) is 17.1 Å². The lowest BCUT2D eigenvalue weighted by Gasteiger charge is -2.50.